The van der Waals surface area contributed by atoms with E-state index in [1.807, 2.05) is 0 Å². The predicted octanol–water partition coefficient (Wildman–Crippen LogP) is 3.72. The molecule has 0 amide bonds. The molecule has 0 unspecified atom stereocenters. The molecule has 9 heteroatoms. The van der Waals surface area contributed by atoms with Gasteiger partial charge in [0, 0.05) is 17.2 Å². The topological polar surface area (TPSA) is 73.1 Å². The molecule has 2 rings (SSSR count). The van der Waals surface area contributed by atoms with Gasteiger partial charge >= 0.3 is 5.97 Å². The van der Waals surface area contributed by atoms with Gasteiger partial charge in [-0.3, -0.25) is 0 Å². The van der Waals surface area contributed by atoms with E-state index in [-0.39, 0.29) is 5.71 Å². The van der Waals surface area contributed by atoms with Crippen LogP contribution in [-0.2, 0) is 14.4 Å². The minimum absolute atomic E-state index is 0.0384. The van der Waals surface area contributed by atoms with Gasteiger partial charge in [-0.05, 0) is 12.1 Å². The summed E-state index contributed by atoms with van der Waals surface area (Å²) in [4.78, 5) is 24.7. The number of methoxy groups -OCH3 is 1. The molecule has 1 heterocycles. The van der Waals surface area contributed by atoms with Crippen LogP contribution in [0.5, 0.6) is 0 Å². The van der Waals surface area contributed by atoms with Gasteiger partial charge in [0.1, 0.15) is 12.8 Å². The Hall–Kier alpha value is -1.96. The summed E-state index contributed by atoms with van der Waals surface area (Å²) in [6, 6.07) is 5.17. The van der Waals surface area contributed by atoms with Crippen molar-refractivity contribution in [2.24, 2.45) is 10.1 Å². The van der Waals surface area contributed by atoms with Crippen molar-refractivity contribution in [2.75, 3.05) is 14.2 Å². The van der Waals surface area contributed by atoms with E-state index < -0.39 is 5.97 Å². The van der Waals surface area contributed by atoms with Gasteiger partial charge in [0.25, 0.3) is 0 Å². The molecule has 0 bridgehead atoms. The second-order valence-electron chi connectivity index (χ2n) is 4.02. The van der Waals surface area contributed by atoms with Gasteiger partial charge in [-0.15, -0.1) is 11.3 Å². The first-order chi connectivity index (χ1) is 11.1. The summed E-state index contributed by atoms with van der Waals surface area (Å²) in [5, 5.41) is 6.61. The molecule has 0 saturated heterocycles. The molecule has 0 atom stereocenters. The molecule has 0 spiro atoms. The number of carbonyl (C=O) groups excluding carboxylic acids is 1. The van der Waals surface area contributed by atoms with Crippen LogP contribution in [0.15, 0.2) is 33.7 Å². The molecule has 2 aromatic rings. The fourth-order valence-corrected chi connectivity index (χ4v) is 2.70. The summed E-state index contributed by atoms with van der Waals surface area (Å²) < 4.78 is 4.63. The van der Waals surface area contributed by atoms with E-state index in [0.29, 0.717) is 26.4 Å². The zero-order valence-electron chi connectivity index (χ0n) is 12.1. The average Bonchev–Trinajstić information content (AvgIpc) is 3.00. The minimum Gasteiger partial charge on any atom is -0.464 e. The summed E-state index contributed by atoms with van der Waals surface area (Å²) in [5.41, 5.74) is 0.857. The zero-order chi connectivity index (χ0) is 16.8. The number of benzene rings is 1. The Morgan fingerprint density at radius 3 is 2.61 bits per heavy atom. The molecule has 0 N–H and O–H groups in total. The second kappa shape index (κ2) is 8.05. The molecule has 23 heavy (non-hydrogen) atoms. The molecule has 0 radical (unpaired) electrons. The number of oxime groups is 1. The lowest BCUT2D eigenvalue weighted by Crippen LogP contribution is -2.17. The maximum absolute atomic E-state index is 11.6. The third-order valence-corrected chi connectivity index (χ3v) is 4.01. The highest BCUT2D eigenvalue weighted by Crippen LogP contribution is 2.24. The van der Waals surface area contributed by atoms with Crippen LogP contribution in [0.4, 0.5) is 5.13 Å². The SMILES string of the molecule is CO/N=C(\C(=O)OC)c1csc(/N=C/c2c(Cl)cccc2Cl)n1. The Bertz CT molecular complexity index is 754. The number of carbonyl (C=O) groups is 1. The monoisotopic (exact) mass is 371 g/mol. The van der Waals surface area contributed by atoms with Crippen LogP contribution in [0.3, 0.4) is 0 Å². The molecule has 0 aliphatic rings. The van der Waals surface area contributed by atoms with Crippen molar-refractivity contribution >= 4 is 57.6 Å². The first-order valence-electron chi connectivity index (χ1n) is 6.20. The van der Waals surface area contributed by atoms with Crippen LogP contribution < -0.4 is 0 Å². The lowest BCUT2D eigenvalue weighted by molar-refractivity contribution is -0.132. The Morgan fingerprint density at radius 1 is 1.30 bits per heavy atom. The third-order valence-electron chi connectivity index (χ3n) is 2.60. The van der Waals surface area contributed by atoms with Gasteiger partial charge in [-0.1, -0.05) is 34.4 Å². The lowest BCUT2D eigenvalue weighted by Gasteiger charge is -1.99. The predicted molar refractivity (Wildman–Crippen MR) is 91.4 cm³/mol. The van der Waals surface area contributed by atoms with Gasteiger partial charge in [0.05, 0.1) is 17.2 Å². The highest BCUT2D eigenvalue weighted by Gasteiger charge is 2.19. The van der Waals surface area contributed by atoms with E-state index in [0.717, 1.165) is 0 Å². The van der Waals surface area contributed by atoms with Crippen molar-refractivity contribution in [3.05, 3.63) is 44.9 Å². The highest BCUT2D eigenvalue weighted by molar-refractivity contribution is 7.13. The van der Waals surface area contributed by atoms with Crippen LogP contribution in [0.25, 0.3) is 0 Å². The van der Waals surface area contributed by atoms with E-state index in [2.05, 4.69) is 24.7 Å². The Morgan fingerprint density at radius 2 is 2.00 bits per heavy atom. The molecule has 1 aromatic carbocycles. The maximum atomic E-state index is 11.6. The van der Waals surface area contributed by atoms with Crippen molar-refractivity contribution in [3.8, 4) is 0 Å². The van der Waals surface area contributed by atoms with Gasteiger partial charge in [0.15, 0.2) is 0 Å². The van der Waals surface area contributed by atoms with E-state index >= 15 is 0 Å². The van der Waals surface area contributed by atoms with Crippen molar-refractivity contribution in [1.29, 1.82) is 0 Å². The number of halogens is 2. The number of thiazole rings is 1. The van der Waals surface area contributed by atoms with Gasteiger partial charge < -0.3 is 9.57 Å². The van der Waals surface area contributed by atoms with Gasteiger partial charge in [0.2, 0.25) is 10.8 Å². The fourth-order valence-electron chi connectivity index (χ4n) is 1.56. The van der Waals surface area contributed by atoms with Gasteiger partial charge in [-0.2, -0.15) is 0 Å². The summed E-state index contributed by atoms with van der Waals surface area (Å²) in [5.74, 6) is -0.651. The molecule has 6 nitrogen and oxygen atoms in total. The second-order valence-corrected chi connectivity index (χ2v) is 5.67. The molecule has 0 aliphatic heterocycles. The van der Waals surface area contributed by atoms with Crippen molar-refractivity contribution in [2.45, 2.75) is 0 Å². The average molecular weight is 372 g/mol. The normalized spacial score (nSPS) is 11.7. The number of aromatic nitrogens is 1. The number of nitrogens with zero attached hydrogens (tertiary/aromatic N) is 3. The van der Waals surface area contributed by atoms with E-state index in [1.165, 1.54) is 31.8 Å². The zero-order valence-corrected chi connectivity index (χ0v) is 14.4. The van der Waals surface area contributed by atoms with Crippen LogP contribution in [0.2, 0.25) is 10.0 Å². The summed E-state index contributed by atoms with van der Waals surface area (Å²) in [6.45, 7) is 0. The first kappa shape index (κ1) is 17.4. The number of hydrogen-bond donors (Lipinski definition) is 0. The largest absolute Gasteiger partial charge is 0.464 e. The van der Waals surface area contributed by atoms with Crippen molar-refractivity contribution in [3.63, 3.8) is 0 Å². The Balaban J connectivity index is 2.27. The van der Waals surface area contributed by atoms with Crippen LogP contribution in [0, 0.1) is 0 Å². The van der Waals surface area contributed by atoms with Crippen LogP contribution in [0.1, 0.15) is 11.3 Å². The standard InChI is InChI=1S/C14H11Cl2N3O3S/c1-21-13(20)12(19-22-2)11-7-23-14(18-11)17-6-8-9(15)4-3-5-10(8)16/h3-7H,1-2H3/b17-6+,19-12-. The fraction of sp³-hybridized carbons (Fsp3) is 0.143. The number of rotatable bonds is 5. The maximum Gasteiger partial charge on any atom is 0.362 e. The van der Waals surface area contributed by atoms with Crippen LogP contribution >= 0.6 is 34.5 Å². The molecule has 120 valence electrons. The minimum atomic E-state index is -0.651. The van der Waals surface area contributed by atoms with Crippen LogP contribution in [-0.4, -0.2) is 37.1 Å². The molecule has 0 fully saturated rings. The number of aliphatic imine (C=N–C) groups is 1. The number of ether oxygens (including phenoxy) is 1. The number of esters is 1. The number of hydrogen-bond acceptors (Lipinski definition) is 7. The Labute approximate surface area is 146 Å². The lowest BCUT2D eigenvalue weighted by atomic mass is 10.2. The van der Waals surface area contributed by atoms with Crippen molar-refractivity contribution < 1.29 is 14.4 Å². The molecule has 1 aromatic heterocycles. The van der Waals surface area contributed by atoms with E-state index in [4.69, 9.17) is 23.2 Å². The summed E-state index contributed by atoms with van der Waals surface area (Å²) in [6.07, 6.45) is 1.51. The molecular formula is C14H11Cl2N3O3S. The summed E-state index contributed by atoms with van der Waals surface area (Å²) >= 11 is 13.4. The summed E-state index contributed by atoms with van der Waals surface area (Å²) in [7, 11) is 2.58. The first-order valence-corrected chi connectivity index (χ1v) is 7.83. The Kier molecular flexibility index (Phi) is 6.09. The molecule has 0 aliphatic carbocycles. The van der Waals surface area contributed by atoms with E-state index in [9.17, 15) is 4.79 Å². The molecular weight excluding hydrogens is 361 g/mol. The molecule has 0 saturated carbocycles. The highest BCUT2D eigenvalue weighted by atomic mass is 35.5. The van der Waals surface area contributed by atoms with E-state index in [1.54, 1.807) is 23.6 Å². The van der Waals surface area contributed by atoms with Crippen molar-refractivity contribution in [1.82, 2.24) is 4.98 Å². The third kappa shape index (κ3) is 4.28. The quantitative estimate of drug-likeness (QED) is 0.456. The van der Waals surface area contributed by atoms with Gasteiger partial charge in [-0.25, -0.2) is 14.8 Å². The smallest absolute Gasteiger partial charge is 0.362 e.